The Morgan fingerprint density at radius 1 is 0.760 bits per heavy atom. The second-order valence-electron chi connectivity index (χ2n) is 5.41. The zero-order chi connectivity index (χ0) is 17.6. The molecule has 0 radical (unpaired) electrons. The normalized spacial score (nSPS) is 11.6. The van der Waals surface area contributed by atoms with Gasteiger partial charge in [-0.1, -0.05) is 72.8 Å². The van der Waals surface area contributed by atoms with Crippen molar-refractivity contribution in [3.05, 3.63) is 107 Å². The molecule has 25 heavy (non-hydrogen) atoms. The maximum Gasteiger partial charge on any atom is 0.342 e. The van der Waals surface area contributed by atoms with Crippen LogP contribution in [-0.2, 0) is 4.74 Å². The first kappa shape index (κ1) is 16.6. The number of rotatable bonds is 5. The predicted octanol–water partition coefficient (Wildman–Crippen LogP) is 4.61. The van der Waals surface area contributed by atoms with Crippen molar-refractivity contribution >= 4 is 11.8 Å². The third kappa shape index (κ3) is 3.80. The highest BCUT2D eigenvalue weighted by Crippen LogP contribution is 2.24. The van der Waals surface area contributed by atoms with Crippen LogP contribution in [0.4, 0.5) is 4.39 Å². The quantitative estimate of drug-likeness (QED) is 0.506. The van der Waals surface area contributed by atoms with Crippen molar-refractivity contribution < 1.29 is 18.7 Å². The molecule has 3 aromatic rings. The number of halogens is 1. The summed E-state index contributed by atoms with van der Waals surface area (Å²) in [4.78, 5) is 25.2. The maximum atomic E-state index is 13.8. The zero-order valence-corrected chi connectivity index (χ0v) is 13.3. The maximum absolute atomic E-state index is 13.8. The number of carbonyl (C=O) groups is 2. The molecule has 0 aliphatic heterocycles. The Balaban J connectivity index is 1.94. The summed E-state index contributed by atoms with van der Waals surface area (Å²) in [6, 6.07) is 22.7. The van der Waals surface area contributed by atoms with E-state index in [1.54, 1.807) is 60.7 Å². The molecule has 0 aliphatic rings. The Kier molecular flexibility index (Phi) is 5.00. The van der Waals surface area contributed by atoms with Crippen molar-refractivity contribution in [2.45, 2.75) is 6.10 Å². The Bertz CT molecular complexity index is 876. The van der Waals surface area contributed by atoms with Crippen LogP contribution in [0.25, 0.3) is 0 Å². The van der Waals surface area contributed by atoms with Crippen molar-refractivity contribution in [3.8, 4) is 0 Å². The van der Waals surface area contributed by atoms with E-state index in [0.717, 1.165) is 0 Å². The van der Waals surface area contributed by atoms with Crippen molar-refractivity contribution in [2.24, 2.45) is 0 Å². The Hall–Kier alpha value is -3.27. The molecule has 0 spiro atoms. The number of Topliss-reactive ketones (excluding diaryl/α,β-unsaturated/α-hetero) is 1. The summed E-state index contributed by atoms with van der Waals surface area (Å²) in [5.74, 6) is -1.93. The Morgan fingerprint density at radius 2 is 1.32 bits per heavy atom. The van der Waals surface area contributed by atoms with Crippen LogP contribution < -0.4 is 0 Å². The summed E-state index contributed by atoms with van der Waals surface area (Å²) < 4.78 is 19.2. The number of esters is 1. The minimum absolute atomic E-state index is 0.204. The van der Waals surface area contributed by atoms with Gasteiger partial charge >= 0.3 is 5.97 Å². The van der Waals surface area contributed by atoms with Crippen molar-refractivity contribution in [1.82, 2.24) is 0 Å². The first-order valence-corrected chi connectivity index (χ1v) is 7.76. The second-order valence-corrected chi connectivity index (χ2v) is 5.41. The molecule has 3 aromatic carbocycles. The van der Waals surface area contributed by atoms with Gasteiger partial charge in [0.15, 0.2) is 6.10 Å². The van der Waals surface area contributed by atoms with Gasteiger partial charge in [0.1, 0.15) is 5.82 Å². The lowest BCUT2D eigenvalue weighted by Gasteiger charge is -2.17. The van der Waals surface area contributed by atoms with Gasteiger partial charge in [-0.15, -0.1) is 0 Å². The summed E-state index contributed by atoms with van der Waals surface area (Å²) in [5.41, 5.74) is 0.739. The van der Waals surface area contributed by atoms with Gasteiger partial charge in [-0.05, 0) is 12.1 Å². The molecule has 1 atom stereocenters. The van der Waals surface area contributed by atoms with E-state index < -0.39 is 17.9 Å². The molecule has 0 bridgehead atoms. The lowest BCUT2D eigenvalue weighted by molar-refractivity contribution is 0.0275. The van der Waals surface area contributed by atoms with Gasteiger partial charge < -0.3 is 4.74 Å². The lowest BCUT2D eigenvalue weighted by Crippen LogP contribution is -2.21. The predicted molar refractivity (Wildman–Crippen MR) is 91.8 cm³/mol. The lowest BCUT2D eigenvalue weighted by atomic mass is 10.00. The van der Waals surface area contributed by atoms with Gasteiger partial charge in [-0.3, -0.25) is 4.79 Å². The molecule has 0 aliphatic carbocycles. The second kappa shape index (κ2) is 7.53. The van der Waals surface area contributed by atoms with Gasteiger partial charge in [0.2, 0.25) is 5.78 Å². The third-order valence-electron chi connectivity index (χ3n) is 3.72. The summed E-state index contributed by atoms with van der Waals surface area (Å²) in [6.45, 7) is 0. The Labute approximate surface area is 144 Å². The average Bonchev–Trinajstić information content (AvgIpc) is 2.67. The van der Waals surface area contributed by atoms with Gasteiger partial charge in [-0.2, -0.15) is 0 Å². The van der Waals surface area contributed by atoms with Crippen LogP contribution in [0.1, 0.15) is 32.4 Å². The summed E-state index contributed by atoms with van der Waals surface area (Å²) in [5, 5.41) is 0. The van der Waals surface area contributed by atoms with Crippen molar-refractivity contribution in [2.75, 3.05) is 0 Å². The monoisotopic (exact) mass is 334 g/mol. The molecular weight excluding hydrogens is 319 g/mol. The van der Waals surface area contributed by atoms with Gasteiger partial charge in [0.05, 0.1) is 5.56 Å². The van der Waals surface area contributed by atoms with Crippen LogP contribution in [0.5, 0.6) is 0 Å². The minimum Gasteiger partial charge on any atom is -0.445 e. The first-order valence-electron chi connectivity index (χ1n) is 7.76. The van der Waals surface area contributed by atoms with Gasteiger partial charge in [-0.25, -0.2) is 9.18 Å². The largest absolute Gasteiger partial charge is 0.445 e. The minimum atomic E-state index is -1.14. The van der Waals surface area contributed by atoms with E-state index in [1.165, 1.54) is 24.3 Å². The molecule has 0 saturated heterocycles. The molecular formula is C21H15FO3. The number of hydrogen-bond donors (Lipinski definition) is 0. The molecule has 0 saturated carbocycles. The number of ether oxygens (including phenoxy) is 1. The Morgan fingerprint density at radius 3 is 1.96 bits per heavy atom. The van der Waals surface area contributed by atoms with Crippen LogP contribution in [-0.4, -0.2) is 11.8 Å². The average molecular weight is 334 g/mol. The van der Waals surface area contributed by atoms with Crippen LogP contribution in [0.15, 0.2) is 84.9 Å². The van der Waals surface area contributed by atoms with E-state index in [4.69, 9.17) is 4.74 Å². The number of benzene rings is 3. The molecule has 0 unspecified atom stereocenters. The molecule has 4 heteroatoms. The van der Waals surface area contributed by atoms with Gasteiger partial charge in [0, 0.05) is 11.1 Å². The topological polar surface area (TPSA) is 43.4 Å². The molecule has 0 fully saturated rings. The summed E-state index contributed by atoms with van der Waals surface area (Å²) in [6.07, 6.45) is -1.14. The van der Waals surface area contributed by atoms with Crippen LogP contribution >= 0.6 is 0 Å². The smallest absolute Gasteiger partial charge is 0.342 e. The fourth-order valence-electron chi connectivity index (χ4n) is 2.45. The van der Waals surface area contributed by atoms with Crippen LogP contribution in [0.2, 0.25) is 0 Å². The fraction of sp³-hybridized carbons (Fsp3) is 0.0476. The molecule has 0 N–H and O–H groups in total. The first-order chi connectivity index (χ1) is 12.2. The van der Waals surface area contributed by atoms with E-state index in [-0.39, 0.29) is 11.3 Å². The number of carbonyl (C=O) groups excluding carboxylic acids is 2. The molecule has 0 heterocycles. The SMILES string of the molecule is O=C(O[C@H](C(=O)c1ccccc1)c1ccccc1)c1ccccc1F. The number of ketones is 1. The van der Waals surface area contributed by atoms with Crippen LogP contribution in [0, 0.1) is 5.82 Å². The van der Waals surface area contributed by atoms with E-state index in [9.17, 15) is 14.0 Å². The highest BCUT2D eigenvalue weighted by atomic mass is 19.1. The highest BCUT2D eigenvalue weighted by molar-refractivity contribution is 6.02. The number of hydrogen-bond acceptors (Lipinski definition) is 3. The van der Waals surface area contributed by atoms with Crippen LogP contribution in [0.3, 0.4) is 0 Å². The standard InChI is InChI=1S/C21H15FO3/c22-18-14-8-7-13-17(18)21(24)25-20(16-11-5-2-6-12-16)19(23)15-9-3-1-4-10-15/h1-14,20H/t20-/m0/s1. The molecule has 0 aromatic heterocycles. The van der Waals surface area contributed by atoms with E-state index in [1.807, 2.05) is 0 Å². The molecule has 124 valence electrons. The van der Waals surface area contributed by atoms with Crippen molar-refractivity contribution in [1.29, 1.82) is 0 Å². The highest BCUT2D eigenvalue weighted by Gasteiger charge is 2.27. The summed E-state index contributed by atoms with van der Waals surface area (Å²) in [7, 11) is 0. The molecule has 3 nitrogen and oxygen atoms in total. The van der Waals surface area contributed by atoms with Gasteiger partial charge in [0.25, 0.3) is 0 Å². The summed E-state index contributed by atoms with van der Waals surface area (Å²) >= 11 is 0. The van der Waals surface area contributed by atoms with E-state index >= 15 is 0 Å². The molecule has 0 amide bonds. The molecule has 3 rings (SSSR count). The third-order valence-corrected chi connectivity index (χ3v) is 3.72. The zero-order valence-electron chi connectivity index (χ0n) is 13.3. The van der Waals surface area contributed by atoms with Crippen molar-refractivity contribution in [3.63, 3.8) is 0 Å². The fourth-order valence-corrected chi connectivity index (χ4v) is 2.45. The van der Waals surface area contributed by atoms with E-state index in [2.05, 4.69) is 0 Å². The van der Waals surface area contributed by atoms with E-state index in [0.29, 0.717) is 11.1 Å².